The van der Waals surface area contributed by atoms with Crippen LogP contribution in [0.25, 0.3) is 11.1 Å². The Hall–Kier alpha value is -2.04. The van der Waals surface area contributed by atoms with Crippen molar-refractivity contribution in [1.82, 2.24) is 5.32 Å². The van der Waals surface area contributed by atoms with Crippen molar-refractivity contribution in [3.63, 3.8) is 0 Å². The summed E-state index contributed by atoms with van der Waals surface area (Å²) >= 11 is 0. The van der Waals surface area contributed by atoms with Crippen molar-refractivity contribution in [1.29, 1.82) is 0 Å². The quantitative estimate of drug-likeness (QED) is 0.612. The van der Waals surface area contributed by atoms with Gasteiger partial charge in [0.15, 0.2) is 0 Å². The zero-order chi connectivity index (χ0) is 11.5. The molecule has 16 heavy (non-hydrogen) atoms. The van der Waals surface area contributed by atoms with E-state index >= 15 is 0 Å². The molecule has 1 amide bonds. The standard InChI is InChI=1S/C11H12N2O3/c1-8(14)12-7-6-11-13(15)9-4-2-3-5-10(9)16-11/h2-5H,6-7H2,1H3,(H,12,14). The lowest BCUT2D eigenvalue weighted by atomic mass is 10.3. The van der Waals surface area contributed by atoms with Gasteiger partial charge in [-0.25, -0.2) is 0 Å². The fourth-order valence-corrected chi connectivity index (χ4v) is 1.51. The number of aromatic nitrogens is 1. The van der Waals surface area contributed by atoms with Crippen molar-refractivity contribution in [3.8, 4) is 0 Å². The Labute approximate surface area is 92.3 Å². The Balaban J connectivity index is 2.18. The third kappa shape index (κ3) is 1.98. The molecule has 0 aliphatic rings. The summed E-state index contributed by atoms with van der Waals surface area (Å²) in [6.45, 7) is 1.83. The van der Waals surface area contributed by atoms with E-state index in [-0.39, 0.29) is 5.91 Å². The van der Waals surface area contributed by atoms with E-state index in [1.807, 2.05) is 6.07 Å². The number of oxazole rings is 1. The van der Waals surface area contributed by atoms with Gasteiger partial charge in [-0.05, 0) is 6.07 Å². The summed E-state index contributed by atoms with van der Waals surface area (Å²) in [5.41, 5.74) is 1.08. The van der Waals surface area contributed by atoms with Gasteiger partial charge in [-0.3, -0.25) is 4.79 Å². The van der Waals surface area contributed by atoms with Crippen LogP contribution < -0.4 is 10.0 Å². The van der Waals surface area contributed by atoms with Crippen LogP contribution in [-0.2, 0) is 11.2 Å². The van der Waals surface area contributed by atoms with Crippen LogP contribution in [0.4, 0.5) is 0 Å². The van der Waals surface area contributed by atoms with Crippen molar-refractivity contribution >= 4 is 17.0 Å². The van der Waals surface area contributed by atoms with Crippen LogP contribution in [0.2, 0.25) is 0 Å². The van der Waals surface area contributed by atoms with Crippen LogP contribution in [0.3, 0.4) is 0 Å². The summed E-state index contributed by atoms with van der Waals surface area (Å²) in [6, 6.07) is 7.03. The molecule has 0 bridgehead atoms. The van der Waals surface area contributed by atoms with Gasteiger partial charge in [0, 0.05) is 19.5 Å². The predicted octanol–water partition coefficient (Wildman–Crippen LogP) is 0.745. The number of benzene rings is 1. The second-order valence-corrected chi connectivity index (χ2v) is 3.49. The SMILES string of the molecule is CC(=O)NCCc1oc2ccccc2[n+]1[O-]. The summed E-state index contributed by atoms with van der Waals surface area (Å²) in [5.74, 6) is 0.198. The molecule has 0 unspecified atom stereocenters. The van der Waals surface area contributed by atoms with Gasteiger partial charge in [-0.1, -0.05) is 12.1 Å². The van der Waals surface area contributed by atoms with Crippen LogP contribution >= 0.6 is 0 Å². The molecule has 0 saturated heterocycles. The lowest BCUT2D eigenvalue weighted by molar-refractivity contribution is -0.592. The van der Waals surface area contributed by atoms with Gasteiger partial charge in [0.1, 0.15) is 0 Å². The average Bonchev–Trinajstić information content (AvgIpc) is 2.56. The highest BCUT2D eigenvalue weighted by atomic mass is 16.5. The van der Waals surface area contributed by atoms with E-state index in [0.29, 0.717) is 30.0 Å². The Morgan fingerprint density at radius 3 is 2.94 bits per heavy atom. The molecule has 0 spiro atoms. The molecular formula is C11H12N2O3. The van der Waals surface area contributed by atoms with E-state index in [9.17, 15) is 10.0 Å². The Kier molecular flexibility index (Phi) is 2.76. The van der Waals surface area contributed by atoms with Gasteiger partial charge < -0.3 is 14.9 Å². The van der Waals surface area contributed by atoms with Gasteiger partial charge in [-0.15, -0.1) is 4.73 Å². The highest BCUT2D eigenvalue weighted by Gasteiger charge is 2.16. The molecule has 0 aliphatic heterocycles. The summed E-state index contributed by atoms with van der Waals surface area (Å²) in [7, 11) is 0. The van der Waals surface area contributed by atoms with Crippen LogP contribution in [0.1, 0.15) is 12.8 Å². The summed E-state index contributed by atoms with van der Waals surface area (Å²) in [5, 5.41) is 14.3. The Morgan fingerprint density at radius 1 is 1.50 bits per heavy atom. The first kappa shape index (κ1) is 10.5. The molecule has 0 fully saturated rings. The van der Waals surface area contributed by atoms with Crippen molar-refractivity contribution in [3.05, 3.63) is 35.4 Å². The second-order valence-electron chi connectivity index (χ2n) is 3.49. The number of rotatable bonds is 3. The molecule has 84 valence electrons. The maximum absolute atomic E-state index is 11.7. The third-order valence-corrected chi connectivity index (χ3v) is 2.25. The summed E-state index contributed by atoms with van der Waals surface area (Å²) in [4.78, 5) is 10.7. The lowest BCUT2D eigenvalue weighted by Gasteiger charge is -1.98. The van der Waals surface area contributed by atoms with Gasteiger partial charge in [-0.2, -0.15) is 0 Å². The predicted molar refractivity (Wildman–Crippen MR) is 57.6 cm³/mol. The molecule has 0 radical (unpaired) electrons. The van der Waals surface area contributed by atoms with E-state index < -0.39 is 0 Å². The first-order valence-electron chi connectivity index (χ1n) is 5.03. The van der Waals surface area contributed by atoms with Crippen molar-refractivity contribution < 1.29 is 13.9 Å². The number of carbonyl (C=O) groups is 1. The van der Waals surface area contributed by atoms with E-state index in [1.54, 1.807) is 18.2 Å². The highest BCUT2D eigenvalue weighted by Crippen LogP contribution is 2.12. The number of hydrogen-bond acceptors (Lipinski definition) is 3. The molecule has 2 aromatic rings. The molecule has 2 rings (SSSR count). The molecule has 5 nitrogen and oxygen atoms in total. The van der Waals surface area contributed by atoms with E-state index in [2.05, 4.69) is 5.32 Å². The van der Waals surface area contributed by atoms with E-state index in [0.717, 1.165) is 4.73 Å². The molecule has 1 heterocycles. The number of para-hydroxylation sites is 2. The van der Waals surface area contributed by atoms with Crippen LogP contribution in [0.15, 0.2) is 28.7 Å². The number of amides is 1. The zero-order valence-electron chi connectivity index (χ0n) is 8.90. The lowest BCUT2D eigenvalue weighted by Crippen LogP contribution is -2.32. The van der Waals surface area contributed by atoms with Gasteiger partial charge in [0.25, 0.3) is 5.52 Å². The fraction of sp³-hybridized carbons (Fsp3) is 0.273. The monoisotopic (exact) mass is 220 g/mol. The molecule has 0 atom stereocenters. The number of carbonyl (C=O) groups excluding carboxylic acids is 1. The highest BCUT2D eigenvalue weighted by molar-refractivity contribution is 5.72. The van der Waals surface area contributed by atoms with Gasteiger partial charge in [0.2, 0.25) is 11.5 Å². The normalized spacial score (nSPS) is 10.6. The number of nitrogens with zero attached hydrogens (tertiary/aromatic N) is 1. The average molecular weight is 220 g/mol. The minimum absolute atomic E-state index is 0.117. The first-order chi connectivity index (χ1) is 7.68. The molecular weight excluding hydrogens is 208 g/mol. The van der Waals surface area contributed by atoms with Crippen molar-refractivity contribution in [2.45, 2.75) is 13.3 Å². The van der Waals surface area contributed by atoms with Crippen molar-refractivity contribution in [2.24, 2.45) is 0 Å². The molecule has 5 heteroatoms. The molecule has 0 aliphatic carbocycles. The fourth-order valence-electron chi connectivity index (χ4n) is 1.51. The van der Waals surface area contributed by atoms with Crippen LogP contribution in [0.5, 0.6) is 0 Å². The van der Waals surface area contributed by atoms with Crippen molar-refractivity contribution in [2.75, 3.05) is 6.54 Å². The number of hydrogen-bond donors (Lipinski definition) is 1. The molecule has 1 aromatic heterocycles. The Bertz CT molecular complexity index is 519. The molecule has 1 aromatic carbocycles. The van der Waals surface area contributed by atoms with E-state index in [4.69, 9.17) is 4.42 Å². The first-order valence-corrected chi connectivity index (χ1v) is 5.03. The summed E-state index contributed by atoms with van der Waals surface area (Å²) in [6.07, 6.45) is 0.387. The topological polar surface area (TPSA) is 69.2 Å². The minimum atomic E-state index is -0.117. The molecule has 1 N–H and O–H groups in total. The summed E-state index contributed by atoms with van der Waals surface area (Å²) < 4.78 is 6.14. The Morgan fingerprint density at radius 2 is 2.25 bits per heavy atom. The van der Waals surface area contributed by atoms with Gasteiger partial charge >= 0.3 is 5.89 Å². The molecule has 0 saturated carbocycles. The van der Waals surface area contributed by atoms with E-state index in [1.165, 1.54) is 6.92 Å². The number of fused-ring (bicyclic) bond motifs is 1. The maximum atomic E-state index is 11.7. The number of nitrogens with one attached hydrogen (secondary N) is 1. The van der Waals surface area contributed by atoms with Gasteiger partial charge in [0.05, 0.1) is 6.42 Å². The third-order valence-electron chi connectivity index (χ3n) is 2.25. The maximum Gasteiger partial charge on any atom is 0.361 e. The largest absolute Gasteiger partial charge is 0.616 e. The van der Waals surface area contributed by atoms with Crippen LogP contribution in [-0.4, -0.2) is 12.5 Å². The smallest absolute Gasteiger partial charge is 0.361 e. The van der Waals surface area contributed by atoms with Crippen LogP contribution in [0, 0.1) is 5.21 Å². The zero-order valence-corrected chi connectivity index (χ0v) is 8.90. The second kappa shape index (κ2) is 4.22. The minimum Gasteiger partial charge on any atom is -0.616 e.